The van der Waals surface area contributed by atoms with Crippen LogP contribution in [-0.2, 0) is 48.0 Å². The summed E-state index contributed by atoms with van der Waals surface area (Å²) < 4.78 is 15.0. The van der Waals surface area contributed by atoms with Crippen LogP contribution < -0.4 is 30.6 Å². The average Bonchev–Trinajstić information content (AvgIpc) is 3.50. The van der Waals surface area contributed by atoms with Crippen molar-refractivity contribution in [3.63, 3.8) is 0 Å². The molecule has 0 radical (unpaired) electrons. The lowest BCUT2D eigenvalue weighted by atomic mass is 10.00. The van der Waals surface area contributed by atoms with E-state index in [-0.39, 0.29) is 35.5 Å². The summed E-state index contributed by atoms with van der Waals surface area (Å²) in [5.41, 5.74) is 10.2. The molecule has 0 spiro atoms. The SMILES string of the molecule is CC(=O)Oc1cccc(C(=O)Cl)c1C.CC(=O)Oc1cccc(C(=O)N[C@@H](Cc2ccccc2)[C@H](O)C(=O)O)c1C.CC(=O)Oc1cccc(C(=O)N[C@@H](Cc2ccccc2)[C@H](O)C(=O)O)c1C.N[C@@H](Cc1ccccc1)[C@H](O)C(=O)O. The fourth-order valence-corrected chi connectivity index (χ4v) is 7.79. The maximum atomic E-state index is 12.7. The Morgan fingerprint density at radius 3 is 0.988 bits per heavy atom. The summed E-state index contributed by atoms with van der Waals surface area (Å²) in [5.74, 6) is -5.88. The molecule has 10 N–H and O–H groups in total. The molecule has 22 heteroatoms. The van der Waals surface area contributed by atoms with E-state index in [9.17, 15) is 53.4 Å². The summed E-state index contributed by atoms with van der Waals surface area (Å²) in [5, 5.41) is 60.5. The number of aliphatic hydroxyl groups excluding tert-OH is 3. The van der Waals surface area contributed by atoms with Crippen LogP contribution in [0.1, 0.15) is 85.2 Å². The molecule has 0 aliphatic carbocycles. The van der Waals surface area contributed by atoms with Crippen LogP contribution in [0.15, 0.2) is 146 Å². The molecule has 0 saturated carbocycles. The van der Waals surface area contributed by atoms with Gasteiger partial charge in [0.1, 0.15) is 17.2 Å². The van der Waals surface area contributed by atoms with Crippen molar-refractivity contribution in [2.75, 3.05) is 0 Å². The molecule has 21 nitrogen and oxygen atoms in total. The highest BCUT2D eigenvalue weighted by Gasteiger charge is 2.30. The number of carbonyl (C=O) groups excluding carboxylic acids is 6. The first-order valence-corrected chi connectivity index (χ1v) is 25.4. The first kappa shape index (κ1) is 67.2. The van der Waals surface area contributed by atoms with E-state index in [0.717, 1.165) is 16.7 Å². The number of rotatable bonds is 20. The highest BCUT2D eigenvalue weighted by atomic mass is 35.5. The minimum Gasteiger partial charge on any atom is -0.479 e. The minimum atomic E-state index is -1.77. The third-order valence-electron chi connectivity index (χ3n) is 11.8. The molecule has 0 aliphatic rings. The number of hydrogen-bond donors (Lipinski definition) is 9. The predicted octanol–water partition coefficient (Wildman–Crippen LogP) is 5.72. The second kappa shape index (κ2) is 33.5. The van der Waals surface area contributed by atoms with E-state index < -0.39 is 89.3 Å². The maximum Gasteiger partial charge on any atom is 0.334 e. The molecule has 0 fully saturated rings. The van der Waals surface area contributed by atoms with Gasteiger partial charge < -0.3 is 61.2 Å². The number of hydrogen-bond acceptors (Lipinski definition) is 16. The van der Waals surface area contributed by atoms with Crippen molar-refractivity contribution < 1.29 is 88.0 Å². The number of benzene rings is 6. The van der Waals surface area contributed by atoms with Crippen LogP contribution in [0.5, 0.6) is 17.2 Å². The number of carboxylic acids is 3. The van der Waals surface area contributed by atoms with Gasteiger partial charge in [-0.3, -0.25) is 28.8 Å². The van der Waals surface area contributed by atoms with Crippen LogP contribution in [-0.4, -0.2) is 120 Å². The largest absolute Gasteiger partial charge is 0.479 e. The number of halogens is 1. The number of ether oxygens (including phenoxy) is 3. The molecule has 82 heavy (non-hydrogen) atoms. The number of carbonyl (C=O) groups is 9. The summed E-state index contributed by atoms with van der Waals surface area (Å²) in [7, 11) is 0. The molecule has 0 aromatic heterocycles. The first-order chi connectivity index (χ1) is 38.7. The molecule has 0 saturated heterocycles. The van der Waals surface area contributed by atoms with Crippen LogP contribution in [0.3, 0.4) is 0 Å². The number of nitrogens with two attached hydrogens (primary N) is 1. The van der Waals surface area contributed by atoms with Crippen LogP contribution in [0.4, 0.5) is 0 Å². The number of aliphatic carboxylic acids is 3. The fourth-order valence-electron chi connectivity index (χ4n) is 7.58. The molecule has 2 amide bonds. The molecule has 0 unspecified atom stereocenters. The van der Waals surface area contributed by atoms with Crippen molar-refractivity contribution in [1.29, 1.82) is 0 Å². The summed E-state index contributed by atoms with van der Waals surface area (Å²) >= 11 is 5.34. The zero-order chi connectivity index (χ0) is 61.2. The van der Waals surface area contributed by atoms with E-state index >= 15 is 0 Å². The van der Waals surface area contributed by atoms with Gasteiger partial charge in [-0.05, 0) is 105 Å². The minimum absolute atomic E-state index is 0.142. The molecular formula is C60H64ClN3O18. The zero-order valence-corrected chi connectivity index (χ0v) is 46.2. The van der Waals surface area contributed by atoms with Crippen molar-refractivity contribution in [1.82, 2.24) is 10.6 Å². The van der Waals surface area contributed by atoms with Crippen LogP contribution in [0.2, 0.25) is 0 Å². The molecular weight excluding hydrogens is 1090 g/mol. The second-order valence-corrected chi connectivity index (χ2v) is 18.4. The average molecular weight is 1150 g/mol. The number of amides is 2. The monoisotopic (exact) mass is 1150 g/mol. The van der Waals surface area contributed by atoms with Crippen molar-refractivity contribution in [2.45, 2.75) is 97.2 Å². The van der Waals surface area contributed by atoms with E-state index in [1.165, 1.54) is 32.9 Å². The quantitative estimate of drug-likeness (QED) is 0.0251. The van der Waals surface area contributed by atoms with E-state index in [0.29, 0.717) is 34.4 Å². The first-order valence-electron chi connectivity index (χ1n) is 25.0. The molecule has 6 aromatic rings. The smallest absolute Gasteiger partial charge is 0.334 e. The third kappa shape index (κ3) is 22.2. The van der Waals surface area contributed by atoms with E-state index in [4.69, 9.17) is 52.0 Å². The van der Waals surface area contributed by atoms with Gasteiger partial charge in [-0.25, -0.2) is 14.4 Å². The standard InChI is InChI=1S/2C20H21NO6.C10H9ClO3.C10H13NO3/c2*1-12-15(9-6-10-17(12)27-13(2)22)19(24)21-16(18(23)20(25)26)11-14-7-4-3-5-8-14;1-6-8(10(11)13)4-3-5-9(6)14-7(2)12;11-8(9(12)10(13)14)6-7-4-2-1-3-5-7/h2*3-10,16,18,23H,11H2,1-2H3,(H,21,24)(H,25,26);3-5H,1-2H3;1-5,8-9,12H,6,11H2,(H,13,14)/t2*16-,18-;;8-,9-/m00.0/s1. The van der Waals surface area contributed by atoms with Gasteiger partial charge in [0.05, 0.1) is 12.1 Å². The van der Waals surface area contributed by atoms with Crippen molar-refractivity contribution in [3.8, 4) is 17.2 Å². The number of carboxylic acid groups (broad SMARTS) is 3. The van der Waals surface area contributed by atoms with Gasteiger partial charge in [0.25, 0.3) is 17.1 Å². The predicted molar refractivity (Wildman–Crippen MR) is 299 cm³/mol. The van der Waals surface area contributed by atoms with Gasteiger partial charge in [-0.1, -0.05) is 109 Å². The van der Waals surface area contributed by atoms with Crippen molar-refractivity contribution in [2.24, 2.45) is 5.73 Å². The van der Waals surface area contributed by atoms with E-state index in [2.05, 4.69) is 10.6 Å². The molecule has 0 aliphatic heterocycles. The van der Waals surface area contributed by atoms with Gasteiger partial charge in [-0.2, -0.15) is 0 Å². The van der Waals surface area contributed by atoms with Gasteiger partial charge in [0.15, 0.2) is 18.3 Å². The van der Waals surface area contributed by atoms with Gasteiger partial charge in [0, 0.05) is 60.2 Å². The highest BCUT2D eigenvalue weighted by molar-refractivity contribution is 6.68. The van der Waals surface area contributed by atoms with Gasteiger partial charge in [0.2, 0.25) is 0 Å². The van der Waals surface area contributed by atoms with E-state index in [1.54, 1.807) is 112 Å². The topological polar surface area (TPSA) is 353 Å². The van der Waals surface area contributed by atoms with Crippen LogP contribution in [0, 0.1) is 20.8 Å². The molecule has 6 aromatic carbocycles. The Kier molecular flexibility index (Phi) is 27.4. The second-order valence-electron chi connectivity index (χ2n) is 18.1. The Bertz CT molecular complexity index is 3020. The normalized spacial score (nSPS) is 12.5. The fraction of sp³-hybridized carbons (Fsp3) is 0.250. The zero-order valence-electron chi connectivity index (χ0n) is 45.5. The Hall–Kier alpha value is -9.12. The lowest BCUT2D eigenvalue weighted by Crippen LogP contribution is -2.48. The lowest BCUT2D eigenvalue weighted by molar-refractivity contribution is -0.148. The van der Waals surface area contributed by atoms with Gasteiger partial charge in [-0.15, -0.1) is 0 Å². The molecule has 6 atom stereocenters. The summed E-state index contributed by atoms with van der Waals surface area (Å²) in [4.78, 5) is 102. The Balaban J connectivity index is 0.000000300. The highest BCUT2D eigenvalue weighted by Crippen LogP contribution is 2.25. The van der Waals surface area contributed by atoms with Crippen molar-refractivity contribution >= 4 is 64.5 Å². The Labute approximate surface area is 477 Å². The maximum absolute atomic E-state index is 12.7. The van der Waals surface area contributed by atoms with Crippen molar-refractivity contribution in [3.05, 3.63) is 196 Å². The Morgan fingerprint density at radius 2 is 0.707 bits per heavy atom. The summed E-state index contributed by atoms with van der Waals surface area (Å²) in [6.07, 6.45) is -4.41. The summed E-state index contributed by atoms with van der Waals surface area (Å²) in [6, 6.07) is 38.4. The lowest BCUT2D eigenvalue weighted by Gasteiger charge is -2.22. The summed E-state index contributed by atoms with van der Waals surface area (Å²) in [6.45, 7) is 8.72. The van der Waals surface area contributed by atoms with E-state index in [1.807, 2.05) is 42.5 Å². The number of aliphatic hydroxyl groups is 3. The Morgan fingerprint density at radius 1 is 0.427 bits per heavy atom. The molecule has 434 valence electrons. The number of nitrogens with one attached hydrogen (secondary N) is 2. The number of esters is 3. The van der Waals surface area contributed by atoms with Gasteiger partial charge >= 0.3 is 35.8 Å². The third-order valence-corrected chi connectivity index (χ3v) is 12.0. The van der Waals surface area contributed by atoms with Crippen LogP contribution in [0.25, 0.3) is 0 Å². The molecule has 6 rings (SSSR count). The van der Waals surface area contributed by atoms with Crippen LogP contribution >= 0.6 is 11.6 Å². The molecule has 0 heterocycles. The molecule has 0 bridgehead atoms.